The van der Waals surface area contributed by atoms with Crippen molar-refractivity contribution in [3.8, 4) is 0 Å². The van der Waals surface area contributed by atoms with Gasteiger partial charge in [-0.15, -0.1) is 0 Å². The number of nitrogens with one attached hydrogen (secondary N) is 1. The van der Waals surface area contributed by atoms with Crippen molar-refractivity contribution >= 4 is 19.7 Å². The summed E-state index contributed by atoms with van der Waals surface area (Å²) in [6.45, 7) is 6.82. The van der Waals surface area contributed by atoms with Crippen molar-refractivity contribution in [2.24, 2.45) is 0 Å². The van der Waals surface area contributed by atoms with Gasteiger partial charge in [0.05, 0.1) is 33.8 Å². The molecule has 0 spiro atoms. The van der Waals surface area contributed by atoms with Gasteiger partial charge < -0.3 is 28.5 Å². The summed E-state index contributed by atoms with van der Waals surface area (Å²) in [6.07, 6.45) is 63.6. The van der Waals surface area contributed by atoms with E-state index in [0.717, 1.165) is 77.0 Å². The minimum atomic E-state index is -4.70. The molecule has 72 heavy (non-hydrogen) atoms. The molecular weight excluding hydrogens is 916 g/mol. The van der Waals surface area contributed by atoms with Crippen molar-refractivity contribution in [3.63, 3.8) is 0 Å². The fourth-order valence-electron chi connectivity index (χ4n) is 8.76. The second-order valence-corrected chi connectivity index (χ2v) is 23.3. The van der Waals surface area contributed by atoms with Gasteiger partial charge in [0.1, 0.15) is 19.3 Å². The Morgan fingerprint density at radius 3 is 1.29 bits per heavy atom. The van der Waals surface area contributed by atoms with Crippen molar-refractivity contribution in [2.45, 2.75) is 296 Å². The highest BCUT2D eigenvalue weighted by atomic mass is 31.2. The van der Waals surface area contributed by atoms with Crippen molar-refractivity contribution in [1.29, 1.82) is 0 Å². The number of nitrogens with zero attached hydrogens (tertiary/aromatic N) is 1. The molecule has 0 aromatic heterocycles. The first-order chi connectivity index (χ1) is 34.9. The summed E-state index contributed by atoms with van der Waals surface area (Å²) in [6, 6.07) is -0.897. The Bertz CT molecular complexity index is 1380. The number of carbonyl (C=O) groups excluding carboxylic acids is 2. The number of hydrogen-bond donors (Lipinski definition) is 1. The minimum Gasteiger partial charge on any atom is -0.756 e. The number of hydrogen-bond acceptors (Lipinski definition) is 7. The summed E-state index contributed by atoms with van der Waals surface area (Å²) < 4.78 is 30.3. The first-order valence-corrected chi connectivity index (χ1v) is 31.9. The van der Waals surface area contributed by atoms with E-state index in [1.807, 2.05) is 33.3 Å². The van der Waals surface area contributed by atoms with Crippen LogP contribution in [0, 0.1) is 0 Å². The number of phosphoric ester groups is 1. The molecule has 0 aliphatic carbocycles. The zero-order chi connectivity index (χ0) is 52.9. The van der Waals surface area contributed by atoms with Gasteiger partial charge in [0.15, 0.2) is 0 Å². The molecule has 1 amide bonds. The van der Waals surface area contributed by atoms with Gasteiger partial charge in [-0.1, -0.05) is 250 Å². The summed E-state index contributed by atoms with van der Waals surface area (Å²) >= 11 is 0. The molecule has 0 radical (unpaired) electrons. The zero-order valence-corrected chi connectivity index (χ0v) is 49.0. The number of esters is 1. The maximum absolute atomic E-state index is 13.5. The van der Waals surface area contributed by atoms with Crippen molar-refractivity contribution in [3.05, 3.63) is 48.6 Å². The third-order valence-electron chi connectivity index (χ3n) is 13.5. The largest absolute Gasteiger partial charge is 0.756 e. The average molecular weight is 1030 g/mol. The van der Waals surface area contributed by atoms with E-state index in [4.69, 9.17) is 13.8 Å². The topological polar surface area (TPSA) is 114 Å². The van der Waals surface area contributed by atoms with Gasteiger partial charge in [-0.3, -0.25) is 14.2 Å². The van der Waals surface area contributed by atoms with Crippen LogP contribution >= 0.6 is 7.82 Å². The summed E-state index contributed by atoms with van der Waals surface area (Å²) in [4.78, 5) is 39.9. The lowest BCUT2D eigenvalue weighted by Gasteiger charge is -2.30. The number of carbonyl (C=O) groups is 2. The van der Waals surface area contributed by atoms with E-state index in [1.54, 1.807) is 0 Å². The Balaban J connectivity index is 5.31. The molecule has 0 fully saturated rings. The second-order valence-electron chi connectivity index (χ2n) is 21.9. The predicted octanol–water partition coefficient (Wildman–Crippen LogP) is 17.9. The lowest BCUT2D eigenvalue weighted by Crippen LogP contribution is -2.47. The van der Waals surface area contributed by atoms with Gasteiger partial charge in [0.2, 0.25) is 5.91 Å². The Labute approximate surface area is 446 Å². The van der Waals surface area contributed by atoms with Gasteiger partial charge >= 0.3 is 5.97 Å². The van der Waals surface area contributed by atoms with Gasteiger partial charge in [-0.2, -0.15) is 0 Å². The molecule has 0 aromatic rings. The number of phosphoric acid groups is 1. The van der Waals surface area contributed by atoms with E-state index in [-0.39, 0.29) is 24.9 Å². The summed E-state index contributed by atoms with van der Waals surface area (Å²) in [5.41, 5.74) is 0. The Morgan fingerprint density at radius 2 is 0.847 bits per heavy atom. The second kappa shape index (κ2) is 52.4. The lowest BCUT2D eigenvalue weighted by molar-refractivity contribution is -0.870. The van der Waals surface area contributed by atoms with E-state index in [1.165, 1.54) is 167 Å². The Hall–Kier alpha value is -2.03. The molecule has 0 rings (SSSR count). The van der Waals surface area contributed by atoms with Gasteiger partial charge in [-0.25, -0.2) is 0 Å². The molecule has 0 heterocycles. The van der Waals surface area contributed by atoms with Crippen LogP contribution in [0.1, 0.15) is 284 Å². The van der Waals surface area contributed by atoms with E-state index in [2.05, 4.69) is 62.5 Å². The molecular formula is C62H117N2O7P. The molecule has 0 aliphatic rings. The highest BCUT2D eigenvalue weighted by Gasteiger charge is 2.27. The molecule has 0 aromatic carbocycles. The van der Waals surface area contributed by atoms with Gasteiger partial charge in [0.25, 0.3) is 7.82 Å². The smallest absolute Gasteiger partial charge is 0.306 e. The third-order valence-corrected chi connectivity index (χ3v) is 14.5. The van der Waals surface area contributed by atoms with E-state index in [9.17, 15) is 19.0 Å². The first-order valence-electron chi connectivity index (χ1n) is 30.4. The van der Waals surface area contributed by atoms with E-state index >= 15 is 0 Å². The minimum absolute atomic E-state index is 0.0260. The number of likely N-dealkylation sites (N-methyl/N-ethyl adjacent to an activating group) is 1. The molecule has 10 heteroatoms. The van der Waals surface area contributed by atoms with Crippen LogP contribution < -0.4 is 10.2 Å². The lowest BCUT2D eigenvalue weighted by atomic mass is 10.0. The average Bonchev–Trinajstić information content (AvgIpc) is 3.34. The maximum atomic E-state index is 13.5. The zero-order valence-electron chi connectivity index (χ0n) is 48.1. The number of allylic oxidation sites excluding steroid dienone is 7. The van der Waals surface area contributed by atoms with Crippen molar-refractivity contribution in [1.82, 2.24) is 5.32 Å². The quantitative estimate of drug-likeness (QED) is 0.0212. The monoisotopic (exact) mass is 1030 g/mol. The number of ether oxygens (including phenoxy) is 1. The first kappa shape index (κ1) is 70.0. The number of rotatable bonds is 55. The van der Waals surface area contributed by atoms with E-state index < -0.39 is 26.6 Å². The molecule has 9 nitrogen and oxygen atoms in total. The molecule has 422 valence electrons. The highest BCUT2D eigenvalue weighted by Crippen LogP contribution is 2.38. The van der Waals surface area contributed by atoms with Crippen LogP contribution in [-0.2, 0) is 27.9 Å². The number of unbranched alkanes of at least 4 members (excludes halogenated alkanes) is 33. The van der Waals surface area contributed by atoms with Crippen LogP contribution in [0.15, 0.2) is 48.6 Å². The normalized spacial score (nSPS) is 14.0. The van der Waals surface area contributed by atoms with Crippen LogP contribution in [0.5, 0.6) is 0 Å². The molecule has 0 aliphatic heterocycles. The summed E-state index contributed by atoms with van der Waals surface area (Å²) in [5, 5.41) is 3.02. The fourth-order valence-corrected chi connectivity index (χ4v) is 9.49. The fraction of sp³-hybridized carbons (Fsp3) is 0.839. The molecule has 0 saturated carbocycles. The SMILES string of the molecule is CCCCC/C=C\C/C=C\C/C=C\CCCCCCC(=O)NC(COP(=O)([O-])OCC[N+](C)(C)C)C(/C=C/CCCCCCCCCCCC)OC(=O)CCCCCCCCCCCCCCCCCCC. The Kier molecular flexibility index (Phi) is 50.9. The molecule has 0 bridgehead atoms. The van der Waals surface area contributed by atoms with Gasteiger partial charge in [-0.05, 0) is 70.3 Å². The summed E-state index contributed by atoms with van der Waals surface area (Å²) in [7, 11) is 1.18. The Morgan fingerprint density at radius 1 is 0.486 bits per heavy atom. The van der Waals surface area contributed by atoms with Crippen LogP contribution in [0.3, 0.4) is 0 Å². The molecule has 0 saturated heterocycles. The van der Waals surface area contributed by atoms with E-state index in [0.29, 0.717) is 23.9 Å². The van der Waals surface area contributed by atoms with Gasteiger partial charge in [0, 0.05) is 12.8 Å². The van der Waals surface area contributed by atoms with Crippen molar-refractivity contribution < 1.29 is 37.3 Å². The van der Waals surface area contributed by atoms with Crippen LogP contribution in [0.25, 0.3) is 0 Å². The van der Waals surface area contributed by atoms with Crippen molar-refractivity contribution in [2.75, 3.05) is 40.9 Å². The number of amides is 1. The highest BCUT2D eigenvalue weighted by molar-refractivity contribution is 7.45. The molecule has 3 unspecified atom stereocenters. The molecule has 3 atom stereocenters. The van der Waals surface area contributed by atoms with Crippen LogP contribution in [0.2, 0.25) is 0 Å². The standard InChI is InChI=1S/C62H117N2O7P/c1-7-10-13-16-19-22-25-28-30-32-34-36-39-42-45-48-51-54-61(65)63-59(58-70-72(67,68)69-57-56-64(4,5)6)60(53-50-47-44-41-38-27-24-21-18-15-12-9-3)71-62(66)55-52-49-46-43-40-37-35-33-31-29-26-23-20-17-14-11-8-2/h19,22,28,30,34,36,50,53,59-60H,7-18,20-21,23-27,29,31-33,35,37-49,51-52,54-58H2,1-6H3,(H-,63,65,67,68)/b22-19-,30-28-,36-34-,53-50+. The van der Waals surface area contributed by atoms with Crippen LogP contribution in [0.4, 0.5) is 0 Å². The summed E-state index contributed by atoms with van der Waals surface area (Å²) in [5.74, 6) is -0.557. The molecule has 1 N–H and O–H groups in total. The predicted molar refractivity (Wildman–Crippen MR) is 307 cm³/mol. The third kappa shape index (κ3) is 52.8. The van der Waals surface area contributed by atoms with Crippen LogP contribution in [-0.4, -0.2) is 69.4 Å². The number of quaternary nitrogens is 1. The maximum Gasteiger partial charge on any atom is 0.306 e.